The van der Waals surface area contributed by atoms with E-state index in [1.165, 1.54) is 0 Å². The highest BCUT2D eigenvalue weighted by Gasteiger charge is 2.09. The monoisotopic (exact) mass is 373 g/mol. The zero-order chi connectivity index (χ0) is 9.84. The molecule has 72 valence electrons. The smallest absolute Gasteiger partial charge is 0.252 e. The lowest BCUT2D eigenvalue weighted by molar-refractivity contribution is 0.0944. The van der Waals surface area contributed by atoms with E-state index in [1.54, 1.807) is 11.3 Å². The van der Waals surface area contributed by atoms with E-state index in [0.717, 1.165) is 13.8 Å². The van der Waals surface area contributed by atoms with Gasteiger partial charge in [0.05, 0.1) is 8.45 Å². The van der Waals surface area contributed by atoms with E-state index in [9.17, 15) is 4.79 Å². The van der Waals surface area contributed by atoms with Crippen LogP contribution in [0, 0.1) is 2.88 Å². The van der Waals surface area contributed by atoms with Gasteiger partial charge in [-0.05, 0) is 35.6 Å². The average molecular weight is 374 g/mol. The van der Waals surface area contributed by atoms with Crippen LogP contribution in [0.4, 0.5) is 0 Å². The van der Waals surface area contributed by atoms with E-state index in [2.05, 4.69) is 43.8 Å². The fourth-order valence-electron chi connectivity index (χ4n) is 0.775. The summed E-state index contributed by atoms with van der Waals surface area (Å²) in [6.07, 6.45) is 0. The minimum absolute atomic E-state index is 0.00566. The first-order valence-corrected chi connectivity index (χ1v) is 6.82. The second kappa shape index (κ2) is 5.31. The van der Waals surface area contributed by atoms with Crippen molar-refractivity contribution in [3.8, 4) is 0 Å². The van der Waals surface area contributed by atoms with Crippen LogP contribution in [0.2, 0.25) is 0 Å². The molecule has 0 aliphatic heterocycles. The summed E-state index contributed by atoms with van der Waals surface area (Å²) >= 11 is 7.10. The van der Waals surface area contributed by atoms with Gasteiger partial charge in [0.2, 0.25) is 0 Å². The number of thiophene rings is 1. The van der Waals surface area contributed by atoms with Gasteiger partial charge in [-0.1, -0.05) is 15.9 Å². The summed E-state index contributed by atoms with van der Waals surface area (Å²) in [6, 6.07) is 2.06. The van der Waals surface area contributed by atoms with Crippen LogP contribution in [-0.4, -0.2) is 17.3 Å². The third-order valence-corrected chi connectivity index (χ3v) is 4.20. The molecule has 0 aliphatic carbocycles. The Hall–Kier alpha value is 0.380. The number of alkyl halides is 1. The van der Waals surface area contributed by atoms with E-state index in [0.29, 0.717) is 0 Å². The molecule has 0 bridgehead atoms. The van der Waals surface area contributed by atoms with E-state index < -0.39 is 0 Å². The minimum Gasteiger partial charge on any atom is -0.349 e. The lowest BCUT2D eigenvalue weighted by Gasteiger charge is -2.08. The first-order valence-electron chi connectivity index (χ1n) is 3.74. The van der Waals surface area contributed by atoms with Crippen LogP contribution in [0.5, 0.6) is 0 Å². The lowest BCUT2D eigenvalue weighted by Crippen LogP contribution is -2.33. The van der Waals surface area contributed by atoms with Crippen molar-refractivity contribution in [2.24, 2.45) is 0 Å². The Labute approximate surface area is 103 Å². The highest BCUT2D eigenvalue weighted by atomic mass is 127. The number of carbonyl (C=O) groups is 1. The molecule has 5 heteroatoms. The molecule has 2 nitrogen and oxygen atoms in total. The van der Waals surface area contributed by atoms with Crippen LogP contribution in [-0.2, 0) is 0 Å². The normalized spacial score (nSPS) is 12.5. The maximum Gasteiger partial charge on any atom is 0.252 e. The summed E-state index contributed by atoms with van der Waals surface area (Å²) in [4.78, 5) is 11.5. The van der Waals surface area contributed by atoms with Crippen molar-refractivity contribution in [1.82, 2.24) is 5.32 Å². The second-order valence-corrected chi connectivity index (χ2v) is 6.12. The molecule has 0 spiro atoms. The largest absolute Gasteiger partial charge is 0.349 e. The van der Waals surface area contributed by atoms with Crippen LogP contribution in [0.3, 0.4) is 0 Å². The summed E-state index contributed by atoms with van der Waals surface area (Å²) in [5.41, 5.74) is 0.752. The first kappa shape index (κ1) is 11.5. The second-order valence-electron chi connectivity index (χ2n) is 2.67. The quantitative estimate of drug-likeness (QED) is 0.640. The van der Waals surface area contributed by atoms with Gasteiger partial charge in [-0.15, -0.1) is 11.3 Å². The molecule has 1 atom stereocenters. The Kier molecular flexibility index (Phi) is 4.68. The number of carbonyl (C=O) groups excluding carboxylic acids is 1. The van der Waals surface area contributed by atoms with E-state index in [1.807, 2.05) is 18.4 Å². The molecule has 0 radical (unpaired) electrons. The van der Waals surface area contributed by atoms with Crippen LogP contribution in [0.15, 0.2) is 11.4 Å². The molecule has 0 aromatic carbocycles. The van der Waals surface area contributed by atoms with Crippen LogP contribution in [0.25, 0.3) is 0 Å². The summed E-state index contributed by atoms with van der Waals surface area (Å²) in [5.74, 6) is 0.00566. The van der Waals surface area contributed by atoms with E-state index in [-0.39, 0.29) is 11.9 Å². The Morgan fingerprint density at radius 1 is 1.85 bits per heavy atom. The predicted octanol–water partition coefficient (Wildman–Crippen LogP) is 2.87. The third-order valence-electron chi connectivity index (χ3n) is 1.44. The summed E-state index contributed by atoms with van der Waals surface area (Å²) in [6.45, 7) is 1.96. The van der Waals surface area contributed by atoms with Gasteiger partial charge in [-0.25, -0.2) is 0 Å². The van der Waals surface area contributed by atoms with Gasteiger partial charge in [-0.3, -0.25) is 4.79 Å². The van der Waals surface area contributed by atoms with Crippen molar-refractivity contribution in [2.45, 2.75) is 13.0 Å². The summed E-state index contributed by atoms with van der Waals surface area (Å²) in [5, 5.41) is 5.53. The van der Waals surface area contributed by atoms with Crippen molar-refractivity contribution in [3.63, 3.8) is 0 Å². The highest BCUT2D eigenvalue weighted by Crippen LogP contribution is 2.16. The Balaban J connectivity index is 2.58. The van der Waals surface area contributed by atoms with Crippen molar-refractivity contribution in [3.05, 3.63) is 19.9 Å². The van der Waals surface area contributed by atoms with Gasteiger partial charge < -0.3 is 5.32 Å². The Morgan fingerprint density at radius 3 is 3.00 bits per heavy atom. The molecule has 1 N–H and O–H groups in total. The SMILES string of the molecule is CC(CBr)NC(=O)c1csc(I)c1. The predicted molar refractivity (Wildman–Crippen MR) is 67.8 cm³/mol. The maximum atomic E-state index is 11.5. The molecular formula is C8H9BrINOS. The van der Waals surface area contributed by atoms with Crippen molar-refractivity contribution in [1.29, 1.82) is 0 Å². The molecule has 1 heterocycles. The molecule has 0 saturated carbocycles. The van der Waals surface area contributed by atoms with Crippen molar-refractivity contribution in [2.75, 3.05) is 5.33 Å². The van der Waals surface area contributed by atoms with E-state index in [4.69, 9.17) is 0 Å². The maximum absolute atomic E-state index is 11.5. The van der Waals surface area contributed by atoms with Gasteiger partial charge in [0.15, 0.2) is 0 Å². The van der Waals surface area contributed by atoms with Gasteiger partial charge in [0.1, 0.15) is 0 Å². The third kappa shape index (κ3) is 3.55. The standard InChI is InChI=1S/C8H9BrINOS/c1-5(3-9)11-8(12)6-2-7(10)13-4-6/h2,4-5H,3H2,1H3,(H,11,12). The number of rotatable bonds is 3. The first-order chi connectivity index (χ1) is 6.13. The Morgan fingerprint density at radius 2 is 2.54 bits per heavy atom. The average Bonchev–Trinajstić information content (AvgIpc) is 2.51. The molecule has 1 rings (SSSR count). The van der Waals surface area contributed by atoms with Crippen LogP contribution >= 0.6 is 49.9 Å². The molecule has 1 unspecified atom stereocenters. The molecule has 0 aliphatic rings. The Bertz CT molecular complexity index is 302. The molecule has 1 aromatic rings. The minimum atomic E-state index is 0.00566. The fraction of sp³-hybridized carbons (Fsp3) is 0.375. The van der Waals surface area contributed by atoms with Gasteiger partial charge in [0, 0.05) is 16.8 Å². The van der Waals surface area contributed by atoms with Crippen LogP contribution in [0.1, 0.15) is 17.3 Å². The molecule has 0 saturated heterocycles. The zero-order valence-electron chi connectivity index (χ0n) is 7.01. The number of hydrogen-bond donors (Lipinski definition) is 1. The number of amides is 1. The number of halogens is 2. The van der Waals surface area contributed by atoms with Gasteiger partial charge in [0.25, 0.3) is 5.91 Å². The zero-order valence-corrected chi connectivity index (χ0v) is 11.6. The molecule has 0 fully saturated rings. The van der Waals surface area contributed by atoms with Crippen molar-refractivity contribution >= 4 is 55.8 Å². The molecular weight excluding hydrogens is 365 g/mol. The van der Waals surface area contributed by atoms with Crippen molar-refractivity contribution < 1.29 is 4.79 Å². The highest BCUT2D eigenvalue weighted by molar-refractivity contribution is 14.1. The van der Waals surface area contributed by atoms with E-state index >= 15 is 0 Å². The molecule has 1 aromatic heterocycles. The van der Waals surface area contributed by atoms with Crippen LogP contribution < -0.4 is 5.32 Å². The fourth-order valence-corrected chi connectivity index (χ4v) is 2.26. The molecule has 13 heavy (non-hydrogen) atoms. The lowest BCUT2D eigenvalue weighted by atomic mass is 10.3. The number of nitrogens with one attached hydrogen (secondary N) is 1. The van der Waals surface area contributed by atoms with Gasteiger partial charge in [-0.2, -0.15) is 0 Å². The van der Waals surface area contributed by atoms with Gasteiger partial charge >= 0.3 is 0 Å². The molecule has 1 amide bonds. The number of hydrogen-bond acceptors (Lipinski definition) is 2. The summed E-state index contributed by atoms with van der Waals surface area (Å²) < 4.78 is 1.13. The topological polar surface area (TPSA) is 29.1 Å². The summed E-state index contributed by atoms with van der Waals surface area (Å²) in [7, 11) is 0.